The number of nitrogens with two attached hydrogens (primary N) is 1. The average Bonchev–Trinajstić information content (AvgIpc) is 2.53. The molecule has 0 saturated heterocycles. The van der Waals surface area contributed by atoms with Gasteiger partial charge in [0.2, 0.25) is 0 Å². The summed E-state index contributed by atoms with van der Waals surface area (Å²) in [5, 5.41) is 0. The monoisotopic (exact) mass is 190 g/mol. The summed E-state index contributed by atoms with van der Waals surface area (Å²) >= 11 is 0. The largest absolute Gasteiger partial charge is 0.330 e. The molecule has 1 heterocycles. The molecule has 0 fully saturated rings. The van der Waals surface area contributed by atoms with Gasteiger partial charge in [0.05, 0.1) is 0 Å². The number of hydrogen-bond donors (Lipinski definition) is 1. The van der Waals surface area contributed by atoms with E-state index in [1.54, 1.807) is 0 Å². The van der Waals surface area contributed by atoms with Crippen LogP contribution in [0.2, 0.25) is 0 Å². The Morgan fingerprint density at radius 3 is 3.14 bits per heavy atom. The summed E-state index contributed by atoms with van der Waals surface area (Å²) < 4.78 is 0. The molecule has 1 aromatic heterocycles. The number of pyridine rings is 1. The summed E-state index contributed by atoms with van der Waals surface area (Å²) in [5.41, 5.74) is 8.46. The molecular formula is C12H18N2. The van der Waals surface area contributed by atoms with Crippen LogP contribution in [0.5, 0.6) is 0 Å². The van der Waals surface area contributed by atoms with Crippen molar-refractivity contribution < 1.29 is 0 Å². The van der Waals surface area contributed by atoms with Crippen LogP contribution in [-0.2, 0) is 6.42 Å². The fraction of sp³-hybridized carbons (Fsp3) is 0.583. The highest BCUT2D eigenvalue weighted by Crippen LogP contribution is 2.40. The van der Waals surface area contributed by atoms with Crippen molar-refractivity contribution in [2.24, 2.45) is 17.6 Å². The van der Waals surface area contributed by atoms with Gasteiger partial charge in [-0.25, -0.2) is 0 Å². The summed E-state index contributed by atoms with van der Waals surface area (Å²) in [6.45, 7) is 5.31. The highest BCUT2D eigenvalue weighted by molar-refractivity contribution is 5.31. The van der Waals surface area contributed by atoms with Crippen LogP contribution < -0.4 is 5.73 Å². The van der Waals surface area contributed by atoms with Gasteiger partial charge in [-0.3, -0.25) is 4.98 Å². The van der Waals surface area contributed by atoms with Crippen LogP contribution in [0, 0.1) is 11.8 Å². The lowest BCUT2D eigenvalue weighted by molar-refractivity contribution is 0.376. The highest BCUT2D eigenvalue weighted by Gasteiger charge is 2.33. The van der Waals surface area contributed by atoms with Crippen LogP contribution in [0.4, 0.5) is 0 Å². The Kier molecular flexibility index (Phi) is 2.55. The maximum absolute atomic E-state index is 5.75. The summed E-state index contributed by atoms with van der Waals surface area (Å²) in [6.07, 6.45) is 3.01. The van der Waals surface area contributed by atoms with Crippen LogP contribution in [-0.4, -0.2) is 11.5 Å². The fourth-order valence-corrected chi connectivity index (χ4v) is 2.68. The first-order valence-electron chi connectivity index (χ1n) is 5.38. The van der Waals surface area contributed by atoms with E-state index in [-0.39, 0.29) is 0 Å². The zero-order valence-electron chi connectivity index (χ0n) is 8.90. The molecule has 0 amide bonds. The Labute approximate surface area is 85.5 Å². The Balaban J connectivity index is 2.34. The van der Waals surface area contributed by atoms with Crippen LogP contribution >= 0.6 is 0 Å². The van der Waals surface area contributed by atoms with E-state index in [0.29, 0.717) is 17.8 Å². The van der Waals surface area contributed by atoms with Crippen molar-refractivity contribution in [3.05, 3.63) is 29.6 Å². The normalized spacial score (nSPS) is 27.4. The molecule has 1 aliphatic carbocycles. The molecule has 2 nitrogen and oxygen atoms in total. The van der Waals surface area contributed by atoms with Gasteiger partial charge in [-0.05, 0) is 42.3 Å². The lowest BCUT2D eigenvalue weighted by atomic mass is 9.83. The fourth-order valence-electron chi connectivity index (χ4n) is 2.68. The zero-order valence-corrected chi connectivity index (χ0v) is 8.90. The van der Waals surface area contributed by atoms with Crippen LogP contribution in [0.3, 0.4) is 0 Å². The van der Waals surface area contributed by atoms with Gasteiger partial charge in [0.25, 0.3) is 0 Å². The Bertz CT molecular complexity index is 318. The highest BCUT2D eigenvalue weighted by atomic mass is 14.7. The van der Waals surface area contributed by atoms with Crippen molar-refractivity contribution in [2.75, 3.05) is 6.54 Å². The van der Waals surface area contributed by atoms with E-state index in [0.717, 1.165) is 13.0 Å². The molecule has 0 aromatic carbocycles. The van der Waals surface area contributed by atoms with Crippen LogP contribution in [0.25, 0.3) is 0 Å². The van der Waals surface area contributed by atoms with E-state index in [9.17, 15) is 0 Å². The summed E-state index contributed by atoms with van der Waals surface area (Å²) in [5.74, 6) is 1.87. The van der Waals surface area contributed by atoms with E-state index < -0.39 is 0 Å². The van der Waals surface area contributed by atoms with Gasteiger partial charge >= 0.3 is 0 Å². The van der Waals surface area contributed by atoms with E-state index in [1.807, 2.05) is 12.3 Å². The molecule has 2 heteroatoms. The van der Waals surface area contributed by atoms with E-state index in [4.69, 9.17) is 5.73 Å². The number of nitrogens with zero attached hydrogens (tertiary/aromatic N) is 1. The maximum atomic E-state index is 5.75. The first-order chi connectivity index (χ1) is 6.74. The van der Waals surface area contributed by atoms with E-state index >= 15 is 0 Å². The van der Waals surface area contributed by atoms with E-state index in [2.05, 4.69) is 24.9 Å². The van der Waals surface area contributed by atoms with E-state index in [1.165, 1.54) is 11.3 Å². The maximum Gasteiger partial charge on any atom is 0.0441 e. The topological polar surface area (TPSA) is 38.9 Å². The minimum absolute atomic E-state index is 0.565. The molecule has 0 aliphatic heterocycles. The lowest BCUT2D eigenvalue weighted by Crippen LogP contribution is -2.21. The molecule has 3 atom stereocenters. The number of aromatic nitrogens is 1. The van der Waals surface area contributed by atoms with Gasteiger partial charge < -0.3 is 5.73 Å². The third-order valence-electron chi connectivity index (χ3n) is 3.40. The Hall–Kier alpha value is -0.890. The molecule has 0 spiro atoms. The first-order valence-corrected chi connectivity index (χ1v) is 5.38. The molecule has 76 valence electrons. The average molecular weight is 190 g/mol. The second kappa shape index (κ2) is 3.70. The molecule has 2 N–H and O–H groups in total. The summed E-state index contributed by atoms with van der Waals surface area (Å²) in [4.78, 5) is 4.44. The van der Waals surface area contributed by atoms with Crippen molar-refractivity contribution in [3.63, 3.8) is 0 Å². The molecule has 1 aromatic rings. The van der Waals surface area contributed by atoms with Crippen molar-refractivity contribution in [2.45, 2.75) is 26.2 Å². The molecule has 2 rings (SSSR count). The SMILES string of the molecule is CC(CN)C1c2cccnc2CC1C. The first kappa shape index (κ1) is 9.66. The zero-order chi connectivity index (χ0) is 10.1. The predicted molar refractivity (Wildman–Crippen MR) is 58.1 cm³/mol. The van der Waals surface area contributed by atoms with Crippen molar-refractivity contribution >= 4 is 0 Å². The van der Waals surface area contributed by atoms with Crippen molar-refractivity contribution in [1.29, 1.82) is 0 Å². The smallest absolute Gasteiger partial charge is 0.0441 e. The molecule has 3 unspecified atom stereocenters. The second-order valence-corrected chi connectivity index (χ2v) is 4.46. The van der Waals surface area contributed by atoms with Gasteiger partial charge in [-0.15, -0.1) is 0 Å². The minimum Gasteiger partial charge on any atom is -0.330 e. The summed E-state index contributed by atoms with van der Waals surface area (Å²) in [7, 11) is 0. The molecular weight excluding hydrogens is 172 g/mol. The minimum atomic E-state index is 0.565. The third-order valence-corrected chi connectivity index (χ3v) is 3.40. The molecule has 14 heavy (non-hydrogen) atoms. The molecule has 0 bridgehead atoms. The van der Waals surface area contributed by atoms with Crippen LogP contribution in [0.15, 0.2) is 18.3 Å². The Morgan fingerprint density at radius 1 is 1.64 bits per heavy atom. The lowest BCUT2D eigenvalue weighted by Gasteiger charge is -2.22. The second-order valence-electron chi connectivity index (χ2n) is 4.46. The number of fused-ring (bicyclic) bond motifs is 1. The van der Waals surface area contributed by atoms with Gasteiger partial charge in [0, 0.05) is 11.9 Å². The molecule has 0 saturated carbocycles. The van der Waals surface area contributed by atoms with Crippen molar-refractivity contribution in [1.82, 2.24) is 4.98 Å². The van der Waals surface area contributed by atoms with Gasteiger partial charge in [0.15, 0.2) is 0 Å². The predicted octanol–water partition coefficient (Wildman–Crippen LogP) is 1.95. The van der Waals surface area contributed by atoms with Crippen molar-refractivity contribution in [3.8, 4) is 0 Å². The number of hydrogen-bond acceptors (Lipinski definition) is 2. The quantitative estimate of drug-likeness (QED) is 0.774. The Morgan fingerprint density at radius 2 is 2.43 bits per heavy atom. The molecule has 0 radical (unpaired) electrons. The van der Waals surface area contributed by atoms with Gasteiger partial charge in [-0.1, -0.05) is 19.9 Å². The third kappa shape index (κ3) is 1.44. The van der Waals surface area contributed by atoms with Crippen LogP contribution in [0.1, 0.15) is 31.0 Å². The standard InChI is InChI=1S/C12H18N2/c1-8-6-11-10(4-3-5-14-11)12(8)9(2)7-13/h3-5,8-9,12H,6-7,13H2,1-2H3. The number of rotatable bonds is 2. The van der Waals surface area contributed by atoms with Gasteiger partial charge in [0.1, 0.15) is 0 Å². The molecule has 1 aliphatic rings. The summed E-state index contributed by atoms with van der Waals surface area (Å²) in [6, 6.07) is 4.25. The van der Waals surface area contributed by atoms with Gasteiger partial charge in [-0.2, -0.15) is 0 Å².